The Labute approximate surface area is 118 Å². The maximum absolute atomic E-state index is 4.26. The van der Waals surface area contributed by atoms with Crippen LogP contribution in [0.3, 0.4) is 0 Å². The Morgan fingerprint density at radius 2 is 2.05 bits per heavy atom. The van der Waals surface area contributed by atoms with Gasteiger partial charge in [0.2, 0.25) is 5.13 Å². The van der Waals surface area contributed by atoms with Gasteiger partial charge in [0, 0.05) is 12.0 Å². The van der Waals surface area contributed by atoms with Crippen LogP contribution in [0.5, 0.6) is 0 Å². The van der Waals surface area contributed by atoms with Gasteiger partial charge in [-0.05, 0) is 38.2 Å². The average molecular weight is 273 g/mol. The number of rotatable bonds is 6. The Morgan fingerprint density at radius 1 is 1.26 bits per heavy atom. The Bertz CT molecular complexity index is 519. The number of nitrogens with zero attached hydrogens (tertiary/aromatic N) is 2. The van der Waals surface area contributed by atoms with Gasteiger partial charge in [-0.3, -0.25) is 0 Å². The summed E-state index contributed by atoms with van der Waals surface area (Å²) in [5.74, 6) is 0.702. The average Bonchev–Trinajstić information content (AvgIpc) is 3.19. The summed E-state index contributed by atoms with van der Waals surface area (Å²) in [6.45, 7) is 2.21. The topological polar surface area (TPSA) is 37.8 Å². The van der Waals surface area contributed by atoms with Crippen molar-refractivity contribution in [3.63, 3.8) is 0 Å². The number of anilines is 1. The maximum Gasteiger partial charge on any atom is 0.205 e. The van der Waals surface area contributed by atoms with Gasteiger partial charge in [0.25, 0.3) is 0 Å². The van der Waals surface area contributed by atoms with Crippen LogP contribution in [0, 0.1) is 0 Å². The van der Waals surface area contributed by atoms with E-state index in [1.165, 1.54) is 23.4 Å². The fourth-order valence-electron chi connectivity index (χ4n) is 2.10. The monoisotopic (exact) mass is 273 g/mol. The highest BCUT2D eigenvalue weighted by atomic mass is 32.1. The van der Waals surface area contributed by atoms with Crippen molar-refractivity contribution in [3.05, 3.63) is 40.9 Å². The molecule has 19 heavy (non-hydrogen) atoms. The van der Waals surface area contributed by atoms with E-state index in [2.05, 4.69) is 52.8 Å². The Hall–Kier alpha value is -1.42. The number of hydrogen-bond donors (Lipinski definition) is 1. The van der Waals surface area contributed by atoms with E-state index in [9.17, 15) is 0 Å². The lowest BCUT2D eigenvalue weighted by molar-refractivity contribution is 0.704. The molecule has 2 aromatic rings. The van der Waals surface area contributed by atoms with Gasteiger partial charge in [0.05, 0.1) is 0 Å². The molecule has 1 fully saturated rings. The van der Waals surface area contributed by atoms with E-state index in [1.807, 2.05) is 0 Å². The number of aromatic nitrogens is 2. The fourth-order valence-corrected chi connectivity index (χ4v) is 3.12. The second kappa shape index (κ2) is 5.70. The molecule has 0 aliphatic heterocycles. The van der Waals surface area contributed by atoms with Crippen molar-refractivity contribution in [1.82, 2.24) is 10.2 Å². The number of nitrogens with one attached hydrogen (secondary N) is 1. The summed E-state index contributed by atoms with van der Waals surface area (Å²) < 4.78 is 0. The highest BCUT2D eigenvalue weighted by Crippen LogP contribution is 2.42. The van der Waals surface area contributed by atoms with Crippen molar-refractivity contribution in [1.29, 1.82) is 0 Å². The molecule has 3 rings (SSSR count). The van der Waals surface area contributed by atoms with Crippen molar-refractivity contribution in [3.8, 4) is 0 Å². The van der Waals surface area contributed by atoms with Crippen LogP contribution in [0.25, 0.3) is 0 Å². The Balaban J connectivity index is 1.48. The molecule has 100 valence electrons. The van der Waals surface area contributed by atoms with Crippen LogP contribution in [0.2, 0.25) is 0 Å². The van der Waals surface area contributed by atoms with Gasteiger partial charge in [-0.15, -0.1) is 10.2 Å². The molecular weight excluding hydrogens is 254 g/mol. The number of aryl methyl sites for hydroxylation is 1. The molecular formula is C15H19N3S. The van der Waals surface area contributed by atoms with Gasteiger partial charge < -0.3 is 5.32 Å². The van der Waals surface area contributed by atoms with Gasteiger partial charge in [-0.2, -0.15) is 0 Å². The predicted molar refractivity (Wildman–Crippen MR) is 79.7 cm³/mol. The first kappa shape index (κ1) is 12.6. The first-order valence-electron chi connectivity index (χ1n) is 6.95. The highest BCUT2D eigenvalue weighted by Gasteiger charge is 2.27. The van der Waals surface area contributed by atoms with Crippen LogP contribution in [0.1, 0.15) is 42.7 Å². The molecule has 4 heteroatoms. The third kappa shape index (κ3) is 3.53. The zero-order valence-electron chi connectivity index (χ0n) is 11.2. The molecule has 0 amide bonds. The molecule has 1 N–H and O–H groups in total. The predicted octanol–water partition coefficient (Wildman–Crippen LogP) is 3.85. The lowest BCUT2D eigenvalue weighted by Crippen LogP contribution is -2.15. The molecule has 0 radical (unpaired) electrons. The van der Waals surface area contributed by atoms with Crippen LogP contribution < -0.4 is 5.32 Å². The minimum Gasteiger partial charge on any atom is -0.358 e. The smallest absolute Gasteiger partial charge is 0.205 e. The molecule has 1 aliphatic carbocycles. The SMILES string of the molecule is CC(CCc1ccccc1)Nc1nnc(C2CC2)s1. The zero-order chi connectivity index (χ0) is 13.1. The van der Waals surface area contributed by atoms with Crippen molar-refractivity contribution in [2.45, 2.75) is 44.6 Å². The number of hydrogen-bond acceptors (Lipinski definition) is 4. The molecule has 0 spiro atoms. The normalized spacial score (nSPS) is 16.3. The molecule has 0 bridgehead atoms. The summed E-state index contributed by atoms with van der Waals surface area (Å²) >= 11 is 1.72. The van der Waals surface area contributed by atoms with E-state index in [0.29, 0.717) is 12.0 Å². The minimum absolute atomic E-state index is 0.431. The third-order valence-corrected chi connectivity index (χ3v) is 4.46. The lowest BCUT2D eigenvalue weighted by atomic mass is 10.1. The Morgan fingerprint density at radius 3 is 2.79 bits per heavy atom. The number of benzene rings is 1. The second-order valence-electron chi connectivity index (χ2n) is 5.29. The summed E-state index contributed by atoms with van der Waals surface area (Å²) in [6.07, 6.45) is 4.79. The summed E-state index contributed by atoms with van der Waals surface area (Å²) in [7, 11) is 0. The summed E-state index contributed by atoms with van der Waals surface area (Å²) in [5, 5.41) is 14.1. The molecule has 1 aromatic heterocycles. The van der Waals surface area contributed by atoms with Crippen LogP contribution in [0.15, 0.2) is 30.3 Å². The summed E-state index contributed by atoms with van der Waals surface area (Å²) in [5.41, 5.74) is 1.40. The van der Waals surface area contributed by atoms with Crippen molar-refractivity contribution >= 4 is 16.5 Å². The van der Waals surface area contributed by atoms with Gasteiger partial charge in [0.1, 0.15) is 5.01 Å². The van der Waals surface area contributed by atoms with E-state index in [0.717, 1.165) is 18.0 Å². The van der Waals surface area contributed by atoms with E-state index in [-0.39, 0.29) is 0 Å². The third-order valence-electron chi connectivity index (χ3n) is 3.45. The van der Waals surface area contributed by atoms with Crippen LogP contribution in [-0.2, 0) is 6.42 Å². The molecule has 3 nitrogen and oxygen atoms in total. The fraction of sp³-hybridized carbons (Fsp3) is 0.467. The van der Waals surface area contributed by atoms with Crippen molar-refractivity contribution < 1.29 is 0 Å². The lowest BCUT2D eigenvalue weighted by Gasteiger charge is -2.12. The molecule has 1 aliphatic rings. The van der Waals surface area contributed by atoms with Gasteiger partial charge >= 0.3 is 0 Å². The van der Waals surface area contributed by atoms with Crippen LogP contribution >= 0.6 is 11.3 Å². The highest BCUT2D eigenvalue weighted by molar-refractivity contribution is 7.15. The van der Waals surface area contributed by atoms with Crippen LogP contribution in [-0.4, -0.2) is 16.2 Å². The summed E-state index contributed by atoms with van der Waals surface area (Å²) in [6, 6.07) is 11.1. The Kier molecular flexibility index (Phi) is 3.78. The van der Waals surface area contributed by atoms with Crippen LogP contribution in [0.4, 0.5) is 5.13 Å². The molecule has 0 saturated heterocycles. The first-order chi connectivity index (χ1) is 9.31. The second-order valence-corrected chi connectivity index (χ2v) is 6.30. The zero-order valence-corrected chi connectivity index (χ0v) is 12.0. The van der Waals surface area contributed by atoms with Gasteiger partial charge in [0.15, 0.2) is 0 Å². The molecule has 1 atom stereocenters. The largest absolute Gasteiger partial charge is 0.358 e. The first-order valence-corrected chi connectivity index (χ1v) is 7.77. The van der Waals surface area contributed by atoms with Gasteiger partial charge in [-0.1, -0.05) is 41.7 Å². The quantitative estimate of drug-likeness (QED) is 0.868. The maximum atomic E-state index is 4.26. The van der Waals surface area contributed by atoms with E-state index in [1.54, 1.807) is 11.3 Å². The van der Waals surface area contributed by atoms with E-state index in [4.69, 9.17) is 0 Å². The standard InChI is InChI=1S/C15H19N3S/c1-11(7-8-12-5-3-2-4-6-12)16-15-18-17-14(19-15)13-9-10-13/h2-6,11,13H,7-10H2,1H3,(H,16,18). The van der Waals surface area contributed by atoms with Crippen molar-refractivity contribution in [2.24, 2.45) is 0 Å². The van der Waals surface area contributed by atoms with Crippen molar-refractivity contribution in [2.75, 3.05) is 5.32 Å². The molecule has 1 heterocycles. The molecule has 1 saturated carbocycles. The van der Waals surface area contributed by atoms with E-state index < -0.39 is 0 Å². The minimum atomic E-state index is 0.431. The van der Waals surface area contributed by atoms with E-state index >= 15 is 0 Å². The molecule has 1 aromatic carbocycles. The summed E-state index contributed by atoms with van der Waals surface area (Å²) in [4.78, 5) is 0. The van der Waals surface area contributed by atoms with Gasteiger partial charge in [-0.25, -0.2) is 0 Å². The molecule has 1 unspecified atom stereocenters.